The molecule has 0 fully saturated rings. The normalized spacial score (nSPS) is 14.8. The smallest absolute Gasteiger partial charge is 0.417 e. The number of phenolic OH excluding ortho intramolecular Hbond substituents is 1. The van der Waals surface area contributed by atoms with Crippen LogP contribution in [0.4, 0.5) is 18.9 Å². The van der Waals surface area contributed by atoms with Crippen LogP contribution in [0.15, 0.2) is 18.2 Å². The molecule has 3 N–H and O–H groups in total. The summed E-state index contributed by atoms with van der Waals surface area (Å²) in [4.78, 5) is 11.4. The highest BCUT2D eigenvalue weighted by molar-refractivity contribution is 5.92. The third-order valence-corrected chi connectivity index (χ3v) is 2.54. The Morgan fingerprint density at radius 3 is 2.42 bits per heavy atom. The zero-order chi connectivity index (χ0) is 14.8. The predicted molar refractivity (Wildman–Crippen MR) is 62.8 cm³/mol. The first-order valence-electron chi connectivity index (χ1n) is 5.41. The zero-order valence-electron chi connectivity index (χ0n) is 10.4. The van der Waals surface area contributed by atoms with Gasteiger partial charge in [-0.3, -0.25) is 4.79 Å². The Morgan fingerprint density at radius 1 is 1.37 bits per heavy atom. The van der Waals surface area contributed by atoms with Gasteiger partial charge >= 0.3 is 6.18 Å². The van der Waals surface area contributed by atoms with Crippen molar-refractivity contribution in [1.82, 2.24) is 0 Å². The first-order chi connectivity index (χ1) is 8.53. The maximum absolute atomic E-state index is 12.4. The van der Waals surface area contributed by atoms with Gasteiger partial charge in [0.25, 0.3) is 0 Å². The molecule has 0 radical (unpaired) electrons. The van der Waals surface area contributed by atoms with Crippen LogP contribution >= 0.6 is 0 Å². The topological polar surface area (TPSA) is 69.6 Å². The standard InChI is InChI=1S/C12H14F3NO3/c1-7-3-4-8(9(17)5-7)16-10(18)6-11(2,19)12(13,14)15/h3-5,17,19H,6H2,1-2H3,(H,16,18)/t11-/m1/s1. The van der Waals surface area contributed by atoms with Crippen LogP contribution < -0.4 is 5.32 Å². The summed E-state index contributed by atoms with van der Waals surface area (Å²) in [5.41, 5.74) is -2.39. The lowest BCUT2D eigenvalue weighted by Crippen LogP contribution is -2.44. The first-order valence-corrected chi connectivity index (χ1v) is 5.41. The number of aromatic hydroxyl groups is 1. The van der Waals surface area contributed by atoms with Crippen LogP contribution in [0.3, 0.4) is 0 Å². The molecule has 0 saturated heterocycles. The summed E-state index contributed by atoms with van der Waals surface area (Å²) in [6.45, 7) is 2.22. The second-order valence-electron chi connectivity index (χ2n) is 4.52. The number of carbonyl (C=O) groups excluding carboxylic acids is 1. The van der Waals surface area contributed by atoms with Crippen molar-refractivity contribution in [3.05, 3.63) is 23.8 Å². The summed E-state index contributed by atoms with van der Waals surface area (Å²) in [5, 5.41) is 20.8. The molecule has 0 aliphatic carbocycles. The highest BCUT2D eigenvalue weighted by Gasteiger charge is 2.51. The number of nitrogens with one attached hydrogen (secondary N) is 1. The summed E-state index contributed by atoms with van der Waals surface area (Å²) in [6.07, 6.45) is -6.05. The van der Waals surface area contributed by atoms with Gasteiger partial charge in [0.15, 0.2) is 5.60 Å². The number of carbonyl (C=O) groups is 1. The molecule has 106 valence electrons. The van der Waals surface area contributed by atoms with Crippen molar-refractivity contribution < 1.29 is 28.2 Å². The van der Waals surface area contributed by atoms with Crippen molar-refractivity contribution in [1.29, 1.82) is 0 Å². The van der Waals surface area contributed by atoms with Gasteiger partial charge in [0.05, 0.1) is 12.1 Å². The fourth-order valence-electron chi connectivity index (χ4n) is 1.35. The number of anilines is 1. The molecule has 0 heterocycles. The molecule has 19 heavy (non-hydrogen) atoms. The molecule has 0 aliphatic rings. The molecule has 7 heteroatoms. The van der Waals surface area contributed by atoms with Gasteiger partial charge in [-0.05, 0) is 31.5 Å². The molecule has 1 amide bonds. The lowest BCUT2D eigenvalue weighted by molar-refractivity contribution is -0.252. The average Bonchev–Trinajstić information content (AvgIpc) is 2.19. The van der Waals surface area contributed by atoms with Crippen molar-refractivity contribution in [3.63, 3.8) is 0 Å². The fraction of sp³-hybridized carbons (Fsp3) is 0.417. The molecule has 0 saturated carbocycles. The van der Waals surface area contributed by atoms with Gasteiger partial charge in [0.2, 0.25) is 5.91 Å². The summed E-state index contributed by atoms with van der Waals surface area (Å²) in [7, 11) is 0. The Labute approximate surface area is 107 Å². The Bertz CT molecular complexity index is 484. The SMILES string of the molecule is Cc1ccc(NC(=O)C[C@@](C)(O)C(F)(F)F)c(O)c1. The Hall–Kier alpha value is -1.76. The molecule has 0 aliphatic heterocycles. The van der Waals surface area contributed by atoms with E-state index in [1.807, 2.05) is 0 Å². The molecule has 4 nitrogen and oxygen atoms in total. The number of amides is 1. The van der Waals surface area contributed by atoms with Crippen LogP contribution in [0.25, 0.3) is 0 Å². The number of aryl methyl sites for hydroxylation is 1. The molecule has 0 aromatic heterocycles. The lowest BCUT2D eigenvalue weighted by atomic mass is 10.0. The highest BCUT2D eigenvalue weighted by Crippen LogP contribution is 2.33. The van der Waals surface area contributed by atoms with Crippen LogP contribution in [0.1, 0.15) is 18.9 Å². The minimum atomic E-state index is -4.90. The predicted octanol–water partition coefficient (Wildman–Crippen LogP) is 2.34. The number of aliphatic hydroxyl groups is 1. The van der Waals surface area contributed by atoms with Crippen molar-refractivity contribution in [2.45, 2.75) is 32.0 Å². The fourth-order valence-corrected chi connectivity index (χ4v) is 1.35. The van der Waals surface area contributed by atoms with E-state index in [-0.39, 0.29) is 11.4 Å². The quantitative estimate of drug-likeness (QED) is 0.743. The second-order valence-corrected chi connectivity index (χ2v) is 4.52. The third kappa shape index (κ3) is 3.85. The number of halogens is 3. The molecular weight excluding hydrogens is 263 g/mol. The van der Waals surface area contributed by atoms with Crippen molar-refractivity contribution >= 4 is 11.6 Å². The van der Waals surface area contributed by atoms with E-state index in [0.717, 1.165) is 5.56 Å². The zero-order valence-corrected chi connectivity index (χ0v) is 10.4. The molecule has 1 atom stereocenters. The largest absolute Gasteiger partial charge is 0.506 e. The van der Waals surface area contributed by atoms with E-state index in [9.17, 15) is 23.1 Å². The van der Waals surface area contributed by atoms with E-state index in [4.69, 9.17) is 5.11 Å². The van der Waals surface area contributed by atoms with Gasteiger partial charge in [-0.15, -0.1) is 0 Å². The summed E-state index contributed by atoms with van der Waals surface area (Å²) in [6, 6.07) is 4.31. The van der Waals surface area contributed by atoms with Gasteiger partial charge in [0.1, 0.15) is 5.75 Å². The van der Waals surface area contributed by atoms with Crippen molar-refractivity contribution in [3.8, 4) is 5.75 Å². The Balaban J connectivity index is 2.76. The minimum Gasteiger partial charge on any atom is -0.506 e. The molecule has 1 rings (SSSR count). The monoisotopic (exact) mass is 277 g/mol. The Morgan fingerprint density at radius 2 is 1.95 bits per heavy atom. The number of hydrogen-bond donors (Lipinski definition) is 3. The number of alkyl halides is 3. The molecule has 0 spiro atoms. The van der Waals surface area contributed by atoms with E-state index >= 15 is 0 Å². The van der Waals surface area contributed by atoms with Crippen LogP contribution in [0, 0.1) is 6.92 Å². The number of rotatable bonds is 3. The minimum absolute atomic E-state index is 0.00595. The van der Waals surface area contributed by atoms with Crippen LogP contribution in [0.5, 0.6) is 5.75 Å². The van der Waals surface area contributed by atoms with E-state index in [1.165, 1.54) is 12.1 Å². The molecular formula is C12H14F3NO3. The molecule has 1 aromatic rings. The van der Waals surface area contributed by atoms with E-state index < -0.39 is 24.1 Å². The summed E-state index contributed by atoms with van der Waals surface area (Å²) < 4.78 is 37.2. The molecule has 0 unspecified atom stereocenters. The highest BCUT2D eigenvalue weighted by atomic mass is 19.4. The second kappa shape index (κ2) is 5.08. The number of hydrogen-bond acceptors (Lipinski definition) is 3. The van der Waals surface area contributed by atoms with Gasteiger partial charge in [-0.25, -0.2) is 0 Å². The van der Waals surface area contributed by atoms with Crippen LogP contribution in [-0.2, 0) is 4.79 Å². The summed E-state index contributed by atoms with van der Waals surface area (Å²) >= 11 is 0. The first kappa shape index (κ1) is 15.3. The maximum Gasteiger partial charge on any atom is 0.417 e. The number of benzene rings is 1. The average molecular weight is 277 g/mol. The maximum atomic E-state index is 12.4. The van der Waals surface area contributed by atoms with Crippen LogP contribution in [-0.4, -0.2) is 27.9 Å². The molecule has 1 aromatic carbocycles. The van der Waals surface area contributed by atoms with Gasteiger partial charge in [-0.1, -0.05) is 6.07 Å². The van der Waals surface area contributed by atoms with E-state index in [2.05, 4.69) is 5.32 Å². The van der Waals surface area contributed by atoms with Gasteiger partial charge in [-0.2, -0.15) is 13.2 Å². The summed E-state index contributed by atoms with van der Waals surface area (Å²) in [5.74, 6) is -1.29. The molecule has 0 bridgehead atoms. The van der Waals surface area contributed by atoms with E-state index in [0.29, 0.717) is 6.92 Å². The number of phenols is 1. The van der Waals surface area contributed by atoms with Gasteiger partial charge < -0.3 is 15.5 Å². The lowest BCUT2D eigenvalue weighted by Gasteiger charge is -2.25. The van der Waals surface area contributed by atoms with Crippen LogP contribution in [0.2, 0.25) is 0 Å². The van der Waals surface area contributed by atoms with Crippen molar-refractivity contribution in [2.75, 3.05) is 5.32 Å². The third-order valence-electron chi connectivity index (χ3n) is 2.54. The van der Waals surface area contributed by atoms with Crippen molar-refractivity contribution in [2.24, 2.45) is 0 Å². The Kier molecular flexibility index (Phi) is 4.09. The van der Waals surface area contributed by atoms with Gasteiger partial charge in [0, 0.05) is 0 Å². The van der Waals surface area contributed by atoms with E-state index in [1.54, 1.807) is 13.0 Å².